The van der Waals surface area contributed by atoms with Gasteiger partial charge in [-0.1, -0.05) is 11.1 Å². The molecule has 5 nitrogen and oxygen atoms in total. The van der Waals surface area contributed by atoms with Crippen molar-refractivity contribution in [1.29, 1.82) is 0 Å². The van der Waals surface area contributed by atoms with Gasteiger partial charge in [-0.15, -0.1) is 4.33 Å². The zero-order chi connectivity index (χ0) is 12.0. The molecular formula is C10H13NO4S. The minimum atomic E-state index is -0.140. The first kappa shape index (κ1) is 13.0. The van der Waals surface area contributed by atoms with E-state index in [-0.39, 0.29) is 5.91 Å². The summed E-state index contributed by atoms with van der Waals surface area (Å²) < 4.78 is 4.69. The van der Waals surface area contributed by atoms with Gasteiger partial charge in [0.2, 0.25) is 5.91 Å². The molecule has 1 rings (SSSR count). The Hall–Kier alpha value is -1.08. The number of anilines is 1. The lowest BCUT2D eigenvalue weighted by Gasteiger charge is -2.08. The Morgan fingerprint density at radius 1 is 1.44 bits per heavy atom. The fourth-order valence-electron chi connectivity index (χ4n) is 1.07. The number of carbonyl (C=O) groups excluding carboxylic acids is 1. The highest BCUT2D eigenvalue weighted by Crippen LogP contribution is 2.29. The van der Waals surface area contributed by atoms with Gasteiger partial charge < -0.3 is 5.32 Å². The molecule has 0 bridgehead atoms. The highest BCUT2D eigenvalue weighted by Gasteiger charge is 2.06. The van der Waals surface area contributed by atoms with E-state index in [1.807, 2.05) is 19.1 Å². The second-order valence-electron chi connectivity index (χ2n) is 3.07. The predicted octanol–water partition coefficient (Wildman–Crippen LogP) is 2.47. The van der Waals surface area contributed by atoms with Crippen LogP contribution in [-0.2, 0) is 19.1 Å². The molecule has 0 spiro atoms. The third kappa shape index (κ3) is 4.19. The van der Waals surface area contributed by atoms with E-state index in [1.54, 1.807) is 6.07 Å². The van der Waals surface area contributed by atoms with Crippen LogP contribution in [0.5, 0.6) is 0 Å². The van der Waals surface area contributed by atoms with E-state index in [1.165, 1.54) is 14.0 Å². The summed E-state index contributed by atoms with van der Waals surface area (Å²) in [4.78, 5) is 16.0. The molecule has 0 atom stereocenters. The number of hydrogen-bond donors (Lipinski definition) is 1. The first-order valence-electron chi connectivity index (χ1n) is 4.55. The lowest BCUT2D eigenvalue weighted by atomic mass is 10.2. The lowest BCUT2D eigenvalue weighted by Crippen LogP contribution is -2.06. The SMILES string of the molecule is COOOSc1cc(C)ccc1NC(C)=O. The molecular weight excluding hydrogens is 230 g/mol. The number of rotatable bonds is 5. The Bertz CT molecular complexity index is 370. The number of hydrogen-bond acceptors (Lipinski definition) is 5. The van der Waals surface area contributed by atoms with Crippen LogP contribution < -0.4 is 5.32 Å². The van der Waals surface area contributed by atoms with Gasteiger partial charge in [0, 0.05) is 6.92 Å². The molecule has 0 aliphatic rings. The summed E-state index contributed by atoms with van der Waals surface area (Å²) >= 11 is 0.966. The van der Waals surface area contributed by atoms with Gasteiger partial charge in [-0.05, 0) is 24.6 Å². The van der Waals surface area contributed by atoms with Crippen LogP contribution in [0.1, 0.15) is 12.5 Å². The van der Waals surface area contributed by atoms with Gasteiger partial charge >= 0.3 is 0 Å². The highest BCUT2D eigenvalue weighted by atomic mass is 32.2. The summed E-state index contributed by atoms with van der Waals surface area (Å²) in [5.74, 6) is -0.140. The predicted molar refractivity (Wildman–Crippen MR) is 60.5 cm³/mol. The first-order chi connectivity index (χ1) is 7.63. The van der Waals surface area contributed by atoms with E-state index in [0.717, 1.165) is 22.5 Å². The molecule has 0 fully saturated rings. The van der Waals surface area contributed by atoms with Crippen molar-refractivity contribution in [2.75, 3.05) is 12.4 Å². The molecule has 1 aromatic carbocycles. The normalized spacial score (nSPS) is 10.2. The molecule has 0 heterocycles. The maximum Gasteiger partial charge on any atom is 0.221 e. The van der Waals surface area contributed by atoms with Gasteiger partial charge in [0.05, 0.1) is 29.7 Å². The summed E-state index contributed by atoms with van der Waals surface area (Å²) in [7, 11) is 1.34. The smallest absolute Gasteiger partial charge is 0.221 e. The first-order valence-corrected chi connectivity index (χ1v) is 5.30. The molecule has 0 unspecified atom stereocenters. The minimum Gasteiger partial charge on any atom is -0.325 e. The summed E-state index contributed by atoms with van der Waals surface area (Å²) in [5.41, 5.74) is 1.72. The van der Waals surface area contributed by atoms with E-state index in [0.29, 0.717) is 5.69 Å². The maximum absolute atomic E-state index is 11.0. The molecule has 0 aromatic heterocycles. The van der Waals surface area contributed by atoms with E-state index >= 15 is 0 Å². The van der Waals surface area contributed by atoms with Gasteiger partial charge in [0.1, 0.15) is 0 Å². The number of amides is 1. The molecule has 88 valence electrons. The Kier molecular flexibility index (Phi) is 5.27. The van der Waals surface area contributed by atoms with Crippen molar-refractivity contribution in [3.05, 3.63) is 23.8 Å². The van der Waals surface area contributed by atoms with E-state index in [2.05, 4.69) is 19.6 Å². The molecule has 6 heteroatoms. The lowest BCUT2D eigenvalue weighted by molar-refractivity contribution is -0.447. The zero-order valence-corrected chi connectivity index (χ0v) is 10.1. The Morgan fingerprint density at radius 2 is 2.19 bits per heavy atom. The second kappa shape index (κ2) is 6.49. The standard InChI is InChI=1S/C10H13NO4S/c1-7-4-5-9(11-8(2)12)10(6-7)16-15-14-13-3/h4-6H,1-3H3,(H,11,12). The van der Waals surface area contributed by atoms with Crippen LogP contribution in [0.3, 0.4) is 0 Å². The van der Waals surface area contributed by atoms with E-state index in [9.17, 15) is 4.79 Å². The van der Waals surface area contributed by atoms with Crippen LogP contribution in [-0.4, -0.2) is 13.0 Å². The number of nitrogens with one attached hydrogen (secondary N) is 1. The Morgan fingerprint density at radius 3 is 2.81 bits per heavy atom. The van der Waals surface area contributed by atoms with Crippen molar-refractivity contribution in [1.82, 2.24) is 0 Å². The van der Waals surface area contributed by atoms with Crippen molar-refractivity contribution in [3.63, 3.8) is 0 Å². The van der Waals surface area contributed by atoms with Crippen LogP contribution in [0.25, 0.3) is 0 Å². The monoisotopic (exact) mass is 243 g/mol. The average molecular weight is 243 g/mol. The molecule has 0 aliphatic heterocycles. The molecule has 1 amide bonds. The molecule has 0 saturated carbocycles. The van der Waals surface area contributed by atoms with Crippen LogP contribution in [0.15, 0.2) is 23.1 Å². The summed E-state index contributed by atoms with van der Waals surface area (Å²) in [6, 6.07) is 5.57. The second-order valence-corrected chi connectivity index (χ2v) is 3.81. The molecule has 0 saturated heterocycles. The molecule has 1 N–H and O–H groups in total. The van der Waals surface area contributed by atoms with Crippen LogP contribution >= 0.6 is 12.0 Å². The molecule has 0 radical (unpaired) electrons. The van der Waals surface area contributed by atoms with Crippen molar-refractivity contribution in [2.24, 2.45) is 0 Å². The third-order valence-electron chi connectivity index (χ3n) is 1.67. The van der Waals surface area contributed by atoms with Crippen molar-refractivity contribution < 1.29 is 19.1 Å². The summed E-state index contributed by atoms with van der Waals surface area (Å²) in [6.45, 7) is 3.39. The van der Waals surface area contributed by atoms with Crippen LogP contribution in [0.2, 0.25) is 0 Å². The highest BCUT2D eigenvalue weighted by molar-refractivity contribution is 7.94. The fourth-order valence-corrected chi connectivity index (χ4v) is 1.67. The van der Waals surface area contributed by atoms with E-state index in [4.69, 9.17) is 0 Å². The number of benzene rings is 1. The minimum absolute atomic E-state index is 0.140. The quantitative estimate of drug-likeness (QED) is 0.372. The van der Waals surface area contributed by atoms with Gasteiger partial charge in [-0.2, -0.15) is 0 Å². The van der Waals surface area contributed by atoms with Gasteiger partial charge in [0.15, 0.2) is 0 Å². The number of carbonyl (C=O) groups is 1. The van der Waals surface area contributed by atoms with Crippen molar-refractivity contribution in [2.45, 2.75) is 18.7 Å². The van der Waals surface area contributed by atoms with Gasteiger partial charge in [-0.3, -0.25) is 4.79 Å². The topological polar surface area (TPSA) is 56.8 Å². The fraction of sp³-hybridized carbons (Fsp3) is 0.300. The van der Waals surface area contributed by atoms with E-state index < -0.39 is 0 Å². The average Bonchev–Trinajstić information content (AvgIpc) is 2.22. The van der Waals surface area contributed by atoms with Crippen molar-refractivity contribution in [3.8, 4) is 0 Å². The van der Waals surface area contributed by atoms with Crippen LogP contribution in [0.4, 0.5) is 5.69 Å². The van der Waals surface area contributed by atoms with Crippen LogP contribution in [0, 0.1) is 6.92 Å². The Balaban J connectivity index is 2.76. The summed E-state index contributed by atoms with van der Waals surface area (Å²) in [6.07, 6.45) is 0. The molecule has 1 aromatic rings. The van der Waals surface area contributed by atoms with Gasteiger partial charge in [0.25, 0.3) is 0 Å². The zero-order valence-electron chi connectivity index (χ0n) is 9.27. The van der Waals surface area contributed by atoms with Crippen molar-refractivity contribution >= 4 is 23.6 Å². The Labute approximate surface area is 98.1 Å². The van der Waals surface area contributed by atoms with Gasteiger partial charge in [-0.25, -0.2) is 4.89 Å². The maximum atomic E-state index is 11.0. The number of aryl methyl sites for hydroxylation is 1. The molecule has 16 heavy (non-hydrogen) atoms. The largest absolute Gasteiger partial charge is 0.325 e. The third-order valence-corrected chi connectivity index (χ3v) is 2.31. The molecule has 0 aliphatic carbocycles. The summed E-state index contributed by atoms with van der Waals surface area (Å²) in [5, 5.41) is 6.98.